The van der Waals surface area contributed by atoms with E-state index >= 15 is 0 Å². The summed E-state index contributed by atoms with van der Waals surface area (Å²) in [6, 6.07) is 8.35. The second-order valence-electron chi connectivity index (χ2n) is 5.73. The van der Waals surface area contributed by atoms with Crippen molar-refractivity contribution in [2.75, 3.05) is 0 Å². The van der Waals surface area contributed by atoms with Crippen molar-refractivity contribution in [1.29, 1.82) is 0 Å². The Hall–Kier alpha value is -2.21. The number of ether oxygens (including phenoxy) is 1. The van der Waals surface area contributed by atoms with Crippen LogP contribution in [-0.2, 0) is 0 Å². The normalized spacial score (nSPS) is 12.1. The first kappa shape index (κ1) is 16.6. The quantitative estimate of drug-likeness (QED) is 0.635. The highest BCUT2D eigenvalue weighted by Crippen LogP contribution is 2.33. The Morgan fingerprint density at radius 1 is 1.17 bits per heavy atom. The van der Waals surface area contributed by atoms with Crippen molar-refractivity contribution >= 4 is 22.5 Å². The molecule has 3 aromatic rings. The lowest BCUT2D eigenvalue weighted by Crippen LogP contribution is -2.17. The molecule has 7 heteroatoms. The van der Waals surface area contributed by atoms with Crippen molar-refractivity contribution in [2.45, 2.75) is 26.1 Å². The van der Waals surface area contributed by atoms with Crippen LogP contribution in [0.15, 0.2) is 36.5 Å². The number of aromatic nitrogens is 2. The fourth-order valence-corrected chi connectivity index (χ4v) is 2.69. The predicted octanol–water partition coefficient (Wildman–Crippen LogP) is 5.91. The van der Waals surface area contributed by atoms with Crippen LogP contribution in [0.25, 0.3) is 22.2 Å². The first-order chi connectivity index (χ1) is 11.2. The third-order valence-corrected chi connectivity index (χ3v) is 3.91. The molecule has 0 amide bonds. The third-order valence-electron chi connectivity index (χ3n) is 3.60. The molecule has 0 aliphatic carbocycles. The lowest BCUT2D eigenvalue weighted by Gasteiger charge is -2.09. The molecule has 0 aliphatic heterocycles. The highest BCUT2D eigenvalue weighted by atomic mass is 35.5. The van der Waals surface area contributed by atoms with Crippen molar-refractivity contribution in [1.82, 2.24) is 9.97 Å². The molecule has 0 bridgehead atoms. The molecule has 0 atom stereocenters. The van der Waals surface area contributed by atoms with Crippen molar-refractivity contribution in [2.24, 2.45) is 0 Å². The maximum atomic E-state index is 12.2. The Morgan fingerprint density at radius 2 is 1.92 bits per heavy atom. The van der Waals surface area contributed by atoms with Gasteiger partial charge >= 0.3 is 6.36 Å². The van der Waals surface area contributed by atoms with Gasteiger partial charge in [0.2, 0.25) is 0 Å². The van der Waals surface area contributed by atoms with Gasteiger partial charge < -0.3 is 9.72 Å². The minimum Gasteiger partial charge on any atom is -0.404 e. The number of H-pyrrole nitrogens is 1. The van der Waals surface area contributed by atoms with Crippen LogP contribution >= 0.6 is 11.6 Å². The molecule has 0 spiro atoms. The molecule has 2 heterocycles. The molecule has 3 rings (SSSR count). The highest BCUT2D eigenvalue weighted by molar-refractivity contribution is 6.34. The van der Waals surface area contributed by atoms with Gasteiger partial charge in [-0.2, -0.15) is 0 Å². The Kier molecular flexibility index (Phi) is 4.17. The predicted molar refractivity (Wildman–Crippen MR) is 87.3 cm³/mol. The monoisotopic (exact) mass is 354 g/mol. The van der Waals surface area contributed by atoms with E-state index in [1.54, 1.807) is 0 Å². The van der Waals surface area contributed by atoms with Crippen LogP contribution in [0.3, 0.4) is 0 Å². The number of fused-ring (bicyclic) bond motifs is 1. The zero-order chi connectivity index (χ0) is 17.5. The summed E-state index contributed by atoms with van der Waals surface area (Å²) in [6.45, 7) is 4.16. The number of halogens is 4. The highest BCUT2D eigenvalue weighted by Gasteiger charge is 2.31. The van der Waals surface area contributed by atoms with Crippen LogP contribution in [0.2, 0.25) is 5.02 Å². The first-order valence-corrected chi connectivity index (χ1v) is 7.65. The SMILES string of the molecule is CC(C)c1cc2cc(Cl)c(-c3ccc(OC(F)(F)F)cn3)cc2[nH]1. The van der Waals surface area contributed by atoms with Gasteiger partial charge in [-0.1, -0.05) is 25.4 Å². The standard InChI is InChI=1S/C17H14ClF3N2O/c1-9(2)15-6-10-5-13(18)12(7-16(10)23-15)14-4-3-11(8-22-14)24-17(19,20)21/h3-9,23H,1-2H3. The van der Waals surface area contributed by atoms with Crippen LogP contribution < -0.4 is 4.74 Å². The minimum atomic E-state index is -4.74. The van der Waals surface area contributed by atoms with E-state index in [1.165, 1.54) is 12.1 Å². The molecule has 0 radical (unpaired) electrons. The van der Waals surface area contributed by atoms with Crippen molar-refractivity contribution in [3.63, 3.8) is 0 Å². The number of nitrogens with zero attached hydrogens (tertiary/aromatic N) is 1. The summed E-state index contributed by atoms with van der Waals surface area (Å²) in [4.78, 5) is 7.33. The summed E-state index contributed by atoms with van der Waals surface area (Å²) in [5.41, 5.74) is 3.09. The summed E-state index contributed by atoms with van der Waals surface area (Å²) in [5.74, 6) is -0.0260. The van der Waals surface area contributed by atoms with Gasteiger partial charge in [-0.05, 0) is 36.2 Å². The second kappa shape index (κ2) is 6.02. The molecule has 24 heavy (non-hydrogen) atoms. The zero-order valence-corrected chi connectivity index (χ0v) is 13.7. The maximum absolute atomic E-state index is 12.2. The van der Waals surface area contributed by atoms with Gasteiger partial charge in [-0.3, -0.25) is 4.98 Å². The third kappa shape index (κ3) is 3.48. The first-order valence-electron chi connectivity index (χ1n) is 7.27. The van der Waals surface area contributed by atoms with Crippen molar-refractivity contribution in [3.8, 4) is 17.0 Å². The molecule has 3 nitrogen and oxygen atoms in total. The van der Waals surface area contributed by atoms with Gasteiger partial charge in [0.25, 0.3) is 0 Å². The number of nitrogens with one attached hydrogen (secondary N) is 1. The number of hydrogen-bond acceptors (Lipinski definition) is 2. The Bertz CT molecular complexity index is 870. The van der Waals surface area contributed by atoms with E-state index in [0.717, 1.165) is 22.8 Å². The number of rotatable bonds is 3. The molecule has 1 N–H and O–H groups in total. The van der Waals surface area contributed by atoms with E-state index in [1.807, 2.05) is 18.2 Å². The molecule has 0 fully saturated rings. The molecule has 0 unspecified atom stereocenters. The van der Waals surface area contributed by atoms with Gasteiger partial charge in [0.1, 0.15) is 5.75 Å². The Morgan fingerprint density at radius 3 is 2.50 bits per heavy atom. The average Bonchev–Trinajstić information content (AvgIpc) is 2.89. The summed E-state index contributed by atoms with van der Waals surface area (Å²) < 4.78 is 40.4. The summed E-state index contributed by atoms with van der Waals surface area (Å²) in [6.07, 6.45) is -3.71. The maximum Gasteiger partial charge on any atom is 0.573 e. The van der Waals surface area contributed by atoms with Gasteiger partial charge in [0, 0.05) is 22.2 Å². The van der Waals surface area contributed by atoms with Crippen molar-refractivity contribution in [3.05, 3.63) is 47.2 Å². The van der Waals surface area contributed by atoms with E-state index in [9.17, 15) is 13.2 Å². The number of benzene rings is 1. The number of pyridine rings is 1. The average molecular weight is 355 g/mol. The van der Waals surface area contributed by atoms with Gasteiger partial charge in [0.05, 0.1) is 16.9 Å². The molecule has 0 aliphatic rings. The molecule has 2 aromatic heterocycles. The molecule has 0 saturated heterocycles. The lowest BCUT2D eigenvalue weighted by atomic mass is 10.1. The number of aromatic amines is 1. The van der Waals surface area contributed by atoms with Gasteiger partial charge in [-0.25, -0.2) is 0 Å². The largest absolute Gasteiger partial charge is 0.573 e. The van der Waals surface area contributed by atoms with Crippen LogP contribution in [0, 0.1) is 0 Å². The van der Waals surface area contributed by atoms with E-state index < -0.39 is 6.36 Å². The van der Waals surface area contributed by atoms with E-state index in [0.29, 0.717) is 22.2 Å². The van der Waals surface area contributed by atoms with E-state index in [2.05, 4.69) is 28.6 Å². The fraction of sp³-hybridized carbons (Fsp3) is 0.235. The Labute approximate surface area is 141 Å². The van der Waals surface area contributed by atoms with Crippen LogP contribution in [0.4, 0.5) is 13.2 Å². The summed E-state index contributed by atoms with van der Waals surface area (Å²) in [7, 11) is 0. The molecular formula is C17H14ClF3N2O. The van der Waals surface area contributed by atoms with Crippen LogP contribution in [-0.4, -0.2) is 16.3 Å². The minimum absolute atomic E-state index is 0.344. The second-order valence-corrected chi connectivity index (χ2v) is 6.13. The smallest absolute Gasteiger partial charge is 0.404 e. The molecule has 1 aromatic carbocycles. The number of alkyl halides is 3. The topological polar surface area (TPSA) is 37.9 Å². The van der Waals surface area contributed by atoms with E-state index in [-0.39, 0.29) is 5.75 Å². The van der Waals surface area contributed by atoms with Gasteiger partial charge in [-0.15, -0.1) is 13.2 Å². The van der Waals surface area contributed by atoms with Crippen LogP contribution in [0.5, 0.6) is 5.75 Å². The molecule has 126 valence electrons. The fourth-order valence-electron chi connectivity index (χ4n) is 2.42. The lowest BCUT2D eigenvalue weighted by molar-refractivity contribution is -0.274. The van der Waals surface area contributed by atoms with E-state index in [4.69, 9.17) is 11.6 Å². The van der Waals surface area contributed by atoms with Crippen LogP contribution in [0.1, 0.15) is 25.5 Å². The number of hydrogen-bond donors (Lipinski definition) is 1. The molecular weight excluding hydrogens is 341 g/mol. The van der Waals surface area contributed by atoms with Crippen molar-refractivity contribution < 1.29 is 17.9 Å². The van der Waals surface area contributed by atoms with Gasteiger partial charge in [0.15, 0.2) is 0 Å². The summed E-state index contributed by atoms with van der Waals surface area (Å²) >= 11 is 6.31. The molecule has 0 saturated carbocycles. The zero-order valence-electron chi connectivity index (χ0n) is 12.9. The Balaban J connectivity index is 1.97. The summed E-state index contributed by atoms with van der Waals surface area (Å²) in [5, 5.41) is 1.46.